The number of ketones is 1. The number of carbonyl (C=O) groups excluding carboxylic acids is 1. The molecule has 1 aromatic heterocycles. The maximum Gasteiger partial charge on any atom is 0.234 e. The molecule has 0 saturated heterocycles. The van der Waals surface area contributed by atoms with Gasteiger partial charge in [0.15, 0.2) is 5.82 Å². The Hall–Kier alpha value is -1.62. The zero-order valence-corrected chi connectivity index (χ0v) is 10.2. The molecule has 0 N–H and O–H groups in total. The van der Waals surface area contributed by atoms with E-state index in [9.17, 15) is 4.79 Å². The molecule has 0 spiro atoms. The number of carbonyl (C=O) groups is 1. The summed E-state index contributed by atoms with van der Waals surface area (Å²) in [5.41, 5.74) is 0. The van der Waals surface area contributed by atoms with Crippen LogP contribution in [-0.2, 0) is 17.0 Å². The smallest absolute Gasteiger partial charge is 0.234 e. The maximum atomic E-state index is 10.9. The molecule has 1 heterocycles. The Kier molecular flexibility index (Phi) is 3.93. The third-order valence-electron chi connectivity index (χ3n) is 2.02. The van der Waals surface area contributed by atoms with Crippen molar-refractivity contribution in [3.8, 4) is 0 Å². The van der Waals surface area contributed by atoms with Crippen LogP contribution >= 0.6 is 11.8 Å². The van der Waals surface area contributed by atoms with Crippen LogP contribution in [0.15, 0.2) is 39.8 Å². The average molecular weight is 248 g/mol. The second-order valence-corrected chi connectivity index (χ2v) is 4.63. The number of hydrogen-bond acceptors (Lipinski definition) is 5. The lowest BCUT2D eigenvalue weighted by Gasteiger charge is -1.96. The summed E-state index contributed by atoms with van der Waals surface area (Å²) >= 11 is 1.64. The van der Waals surface area contributed by atoms with Gasteiger partial charge in [-0.25, -0.2) is 0 Å². The fourth-order valence-electron chi connectivity index (χ4n) is 1.30. The average Bonchev–Trinajstić information content (AvgIpc) is 2.75. The van der Waals surface area contributed by atoms with Crippen molar-refractivity contribution in [3.05, 3.63) is 42.0 Å². The van der Waals surface area contributed by atoms with E-state index in [0.717, 1.165) is 4.90 Å². The summed E-state index contributed by atoms with van der Waals surface area (Å²) < 4.78 is 4.97. The van der Waals surface area contributed by atoms with Gasteiger partial charge < -0.3 is 4.52 Å². The lowest BCUT2D eigenvalue weighted by molar-refractivity contribution is -0.116. The van der Waals surface area contributed by atoms with Crippen LogP contribution < -0.4 is 0 Å². The fourth-order valence-corrected chi connectivity index (χ4v) is 2.06. The van der Waals surface area contributed by atoms with Gasteiger partial charge in [0.05, 0.1) is 12.2 Å². The first-order valence-electron chi connectivity index (χ1n) is 5.23. The Bertz CT molecular complexity index is 496. The summed E-state index contributed by atoms with van der Waals surface area (Å²) in [7, 11) is 0. The Morgan fingerprint density at radius 1 is 1.35 bits per heavy atom. The number of aromatic nitrogens is 2. The van der Waals surface area contributed by atoms with Gasteiger partial charge in [-0.2, -0.15) is 4.98 Å². The van der Waals surface area contributed by atoms with E-state index in [0.29, 0.717) is 17.5 Å². The van der Waals surface area contributed by atoms with Crippen molar-refractivity contribution in [3.63, 3.8) is 0 Å². The van der Waals surface area contributed by atoms with Gasteiger partial charge in [0.2, 0.25) is 5.89 Å². The monoisotopic (exact) mass is 248 g/mol. The quantitative estimate of drug-likeness (QED) is 0.761. The molecule has 0 bridgehead atoms. The van der Waals surface area contributed by atoms with E-state index in [-0.39, 0.29) is 12.2 Å². The molecule has 1 aromatic carbocycles. The molecule has 0 aliphatic heterocycles. The molecule has 0 unspecified atom stereocenters. The second-order valence-electron chi connectivity index (χ2n) is 3.58. The molecule has 2 aromatic rings. The molecule has 5 heteroatoms. The molecule has 0 fully saturated rings. The van der Waals surface area contributed by atoms with Crippen LogP contribution in [0.2, 0.25) is 0 Å². The number of hydrogen-bond donors (Lipinski definition) is 0. The summed E-state index contributed by atoms with van der Waals surface area (Å²) in [4.78, 5) is 16.2. The van der Waals surface area contributed by atoms with Gasteiger partial charge in [-0.05, 0) is 19.1 Å². The van der Waals surface area contributed by atoms with Gasteiger partial charge >= 0.3 is 0 Å². The van der Waals surface area contributed by atoms with E-state index in [4.69, 9.17) is 4.52 Å². The minimum atomic E-state index is 0.0240. The van der Waals surface area contributed by atoms with Crippen molar-refractivity contribution in [1.82, 2.24) is 10.1 Å². The first kappa shape index (κ1) is 11.9. The number of thioether (sulfide) groups is 1. The fraction of sp³-hybridized carbons (Fsp3) is 0.250. The van der Waals surface area contributed by atoms with Gasteiger partial charge in [0, 0.05) is 4.90 Å². The number of Topliss-reactive ketones (excluding diaryl/α,β-unsaturated/α-hetero) is 1. The van der Waals surface area contributed by atoms with Crippen LogP contribution in [0.5, 0.6) is 0 Å². The van der Waals surface area contributed by atoms with E-state index in [2.05, 4.69) is 10.1 Å². The maximum absolute atomic E-state index is 10.9. The zero-order chi connectivity index (χ0) is 12.1. The highest BCUT2D eigenvalue weighted by molar-refractivity contribution is 7.98. The Morgan fingerprint density at radius 2 is 2.12 bits per heavy atom. The summed E-state index contributed by atoms with van der Waals surface area (Å²) in [6.07, 6.45) is 0.211. The predicted octanol–water partition coefficient (Wildman–Crippen LogP) is 2.49. The third-order valence-corrected chi connectivity index (χ3v) is 3.03. The van der Waals surface area contributed by atoms with Gasteiger partial charge in [-0.15, -0.1) is 11.8 Å². The minimum absolute atomic E-state index is 0.0240. The van der Waals surface area contributed by atoms with Crippen LogP contribution in [0.4, 0.5) is 0 Å². The molecule has 0 aliphatic carbocycles. The molecule has 4 nitrogen and oxygen atoms in total. The molecule has 0 atom stereocenters. The first-order chi connectivity index (χ1) is 8.24. The highest BCUT2D eigenvalue weighted by Gasteiger charge is 2.08. The molecule has 2 rings (SSSR count). The molecule has 17 heavy (non-hydrogen) atoms. The molecule has 0 radical (unpaired) electrons. The van der Waals surface area contributed by atoms with Crippen molar-refractivity contribution < 1.29 is 9.32 Å². The van der Waals surface area contributed by atoms with Crippen LogP contribution in [0.3, 0.4) is 0 Å². The van der Waals surface area contributed by atoms with Gasteiger partial charge in [-0.3, -0.25) is 4.79 Å². The summed E-state index contributed by atoms with van der Waals surface area (Å²) in [5, 5.41) is 3.83. The second kappa shape index (κ2) is 5.63. The molecule has 0 saturated carbocycles. The molecule has 0 amide bonds. The van der Waals surface area contributed by atoms with E-state index >= 15 is 0 Å². The summed E-state index contributed by atoms with van der Waals surface area (Å²) in [5.74, 6) is 1.68. The van der Waals surface area contributed by atoms with Crippen molar-refractivity contribution >= 4 is 17.5 Å². The molecular formula is C12H12N2O2S. The largest absolute Gasteiger partial charge is 0.339 e. The molecule has 88 valence electrons. The van der Waals surface area contributed by atoms with Gasteiger partial charge in [0.25, 0.3) is 0 Å². The Labute approximate surface area is 103 Å². The Morgan fingerprint density at radius 3 is 2.82 bits per heavy atom. The Balaban J connectivity index is 1.91. The topological polar surface area (TPSA) is 56.0 Å². The lowest BCUT2D eigenvalue weighted by atomic mass is 10.3. The number of rotatable bonds is 5. The highest BCUT2D eigenvalue weighted by atomic mass is 32.2. The lowest BCUT2D eigenvalue weighted by Crippen LogP contribution is -1.96. The summed E-state index contributed by atoms with van der Waals surface area (Å²) in [6.45, 7) is 1.50. The predicted molar refractivity (Wildman–Crippen MR) is 64.7 cm³/mol. The van der Waals surface area contributed by atoms with Gasteiger partial charge in [-0.1, -0.05) is 23.4 Å². The number of nitrogens with zero attached hydrogens (tertiary/aromatic N) is 2. The highest BCUT2D eigenvalue weighted by Crippen LogP contribution is 2.20. The third kappa shape index (κ3) is 3.71. The number of benzene rings is 1. The SMILES string of the molecule is CC(=O)Cc1nc(CSc2ccccc2)no1. The molecule has 0 aliphatic rings. The van der Waals surface area contributed by atoms with Crippen molar-refractivity contribution in [1.29, 1.82) is 0 Å². The van der Waals surface area contributed by atoms with Crippen LogP contribution in [0.25, 0.3) is 0 Å². The van der Waals surface area contributed by atoms with E-state index in [1.807, 2.05) is 30.3 Å². The summed E-state index contributed by atoms with van der Waals surface area (Å²) in [6, 6.07) is 10.0. The first-order valence-corrected chi connectivity index (χ1v) is 6.21. The van der Waals surface area contributed by atoms with Crippen LogP contribution in [0.1, 0.15) is 18.6 Å². The zero-order valence-electron chi connectivity index (χ0n) is 9.42. The van der Waals surface area contributed by atoms with Gasteiger partial charge in [0.1, 0.15) is 5.78 Å². The van der Waals surface area contributed by atoms with E-state index < -0.39 is 0 Å². The van der Waals surface area contributed by atoms with Crippen molar-refractivity contribution in [2.24, 2.45) is 0 Å². The van der Waals surface area contributed by atoms with E-state index in [1.54, 1.807) is 11.8 Å². The normalized spacial score (nSPS) is 10.4. The van der Waals surface area contributed by atoms with E-state index in [1.165, 1.54) is 6.92 Å². The standard InChI is InChI=1S/C12H12N2O2S/c1-9(15)7-12-13-11(14-16-12)8-17-10-5-3-2-4-6-10/h2-6H,7-8H2,1H3. The van der Waals surface area contributed by atoms with Crippen molar-refractivity contribution in [2.45, 2.75) is 24.0 Å². The minimum Gasteiger partial charge on any atom is -0.339 e. The van der Waals surface area contributed by atoms with Crippen molar-refractivity contribution in [2.75, 3.05) is 0 Å². The van der Waals surface area contributed by atoms with Crippen LogP contribution in [-0.4, -0.2) is 15.9 Å². The molecular weight excluding hydrogens is 236 g/mol. The van der Waals surface area contributed by atoms with Crippen LogP contribution in [0, 0.1) is 0 Å².